The van der Waals surface area contributed by atoms with E-state index in [1.807, 2.05) is 37.5 Å². The topological polar surface area (TPSA) is 441 Å². The van der Waals surface area contributed by atoms with Gasteiger partial charge in [-0.05, 0) is 80.1 Å². The lowest BCUT2D eigenvalue weighted by molar-refractivity contribution is 0.0980. The number of nitrogen functional groups attached to an aromatic ring is 1. The number of hydrogen-bond donors (Lipinski definition) is 7. The average molecular weight is 1400 g/mol. The summed E-state index contributed by atoms with van der Waals surface area (Å²) in [5, 5.41) is 16.0. The monoisotopic (exact) mass is 1400 g/mol. The molecular formula is C61H58N6O21S6. The number of ketones is 2. The average Bonchev–Trinajstić information content (AvgIpc) is 0.709. The van der Waals surface area contributed by atoms with E-state index in [1.54, 1.807) is 36.4 Å². The van der Waals surface area contributed by atoms with E-state index in [0.29, 0.717) is 32.7 Å². The number of sulfone groups is 2. The molecule has 7 aromatic rings. The Bertz CT molecular complexity index is 5530. The first-order chi connectivity index (χ1) is 44.1. The number of aromatic nitrogens is 1. The minimum absolute atomic E-state index is 0.00871. The highest BCUT2D eigenvalue weighted by atomic mass is 32.2. The van der Waals surface area contributed by atoms with E-state index in [-0.39, 0.29) is 93.6 Å². The van der Waals surface area contributed by atoms with Crippen molar-refractivity contribution in [3.63, 3.8) is 0 Å². The number of hydrogen-bond acceptors (Lipinski definition) is 24. The largest absolute Gasteiger partial charge is 0.506 e. The van der Waals surface area contributed by atoms with E-state index < -0.39 is 131 Å². The molecule has 94 heavy (non-hydrogen) atoms. The predicted octanol–water partition coefficient (Wildman–Crippen LogP) is 5.20. The summed E-state index contributed by atoms with van der Waals surface area (Å²) in [6.07, 6.45) is 0. The molecule has 33 heteroatoms. The van der Waals surface area contributed by atoms with E-state index in [0.717, 1.165) is 30.3 Å². The van der Waals surface area contributed by atoms with Crippen LogP contribution in [0.4, 0.5) is 28.4 Å². The molecule has 0 unspecified atom stereocenters. The van der Waals surface area contributed by atoms with Gasteiger partial charge in [-0.2, -0.15) is 25.3 Å². The van der Waals surface area contributed by atoms with Crippen LogP contribution in [0.2, 0.25) is 0 Å². The number of benzene rings is 7. The number of aliphatic hydroxyl groups is 1. The fourth-order valence-corrected chi connectivity index (χ4v) is 15.3. The van der Waals surface area contributed by atoms with Crippen molar-refractivity contribution in [3.05, 3.63) is 198 Å². The van der Waals surface area contributed by atoms with Crippen LogP contribution in [0.3, 0.4) is 0 Å². The molecule has 0 saturated carbocycles. The Morgan fingerprint density at radius 3 is 1.54 bits per heavy atom. The number of fused-ring (bicyclic) bond motifs is 4. The molecule has 0 atom stereocenters. The highest BCUT2D eigenvalue weighted by Crippen LogP contribution is 2.41. The van der Waals surface area contributed by atoms with Gasteiger partial charge in [0.25, 0.3) is 35.9 Å². The number of carbonyl (C=O) groups excluding carboxylic acids is 2. The molecular weight excluding hydrogens is 1350 g/mol. The lowest BCUT2D eigenvalue weighted by Gasteiger charge is -2.23. The molecule has 0 amide bonds. The fraction of sp³-hybridized carbons (Fsp3) is 0.197. The Labute approximate surface area is 539 Å². The van der Waals surface area contributed by atoms with Gasteiger partial charge in [0.2, 0.25) is 0 Å². The van der Waals surface area contributed by atoms with Crippen molar-refractivity contribution >= 4 is 128 Å². The lowest BCUT2D eigenvalue weighted by Crippen LogP contribution is -2.33. The first kappa shape index (κ1) is 70.9. The molecule has 3 aliphatic rings. The van der Waals surface area contributed by atoms with Gasteiger partial charge in [-0.3, -0.25) is 32.8 Å². The zero-order valence-corrected chi connectivity index (χ0v) is 54.9. The number of nitrogens with one attached hydrogen (secondary N) is 2. The number of aliphatic hydroxyl groups excluding tert-OH is 1. The fourth-order valence-electron chi connectivity index (χ4n) is 10.7. The molecule has 1 heterocycles. The van der Waals surface area contributed by atoms with Gasteiger partial charge < -0.3 is 31.3 Å². The molecule has 0 spiro atoms. The molecule has 0 radical (unpaired) electrons. The number of rotatable bonds is 20. The summed E-state index contributed by atoms with van der Waals surface area (Å²) in [6.45, 7) is 10.7. The van der Waals surface area contributed by atoms with Crippen LogP contribution < -0.4 is 32.6 Å². The Kier molecular flexibility index (Phi) is 21.0. The summed E-state index contributed by atoms with van der Waals surface area (Å²) < 4.78 is 184. The SMILES string of the molecule is CCN(CC)CCS(=O)(=O)c1ccc(S(=O)(=O)O)c(Nc2cc(S(=O)(=O)O)c3nc(=O)c(=C(O)c4ccccc4)c4c5ccccc5c(=O)c2c3=4)c1.CCN(CC)CCS(=O)(=O)c1cccc(Nc2cc(S(=O)(=O)O)c(N)c3c2C(=O)c2ccccc2C3=O)c1.O=S(=O)=O. The minimum Gasteiger partial charge on any atom is -0.506 e. The maximum absolute atomic E-state index is 14.3. The molecule has 2 aliphatic carbocycles. The lowest BCUT2D eigenvalue weighted by atomic mass is 9.82. The molecule has 10 rings (SSSR count). The number of nitrogens with zero attached hydrogens (tertiary/aromatic N) is 3. The van der Waals surface area contributed by atoms with Crippen LogP contribution >= 0.6 is 0 Å². The van der Waals surface area contributed by atoms with Crippen molar-refractivity contribution in [2.75, 3.05) is 67.1 Å². The van der Waals surface area contributed by atoms with Crippen LogP contribution in [-0.2, 0) is 60.6 Å². The first-order valence-electron chi connectivity index (χ1n) is 28.1. The van der Waals surface area contributed by atoms with Crippen LogP contribution in [0.15, 0.2) is 168 Å². The van der Waals surface area contributed by atoms with E-state index in [2.05, 4.69) is 15.6 Å². The van der Waals surface area contributed by atoms with E-state index in [9.17, 15) is 80.0 Å². The molecule has 8 N–H and O–H groups in total. The van der Waals surface area contributed by atoms with Gasteiger partial charge >= 0.3 is 10.6 Å². The zero-order valence-electron chi connectivity index (χ0n) is 50.0. The normalized spacial score (nSPS) is 13.0. The maximum atomic E-state index is 14.3. The summed E-state index contributed by atoms with van der Waals surface area (Å²) in [5.41, 5.74) is 1.94. The van der Waals surface area contributed by atoms with Gasteiger partial charge in [-0.15, -0.1) is 12.6 Å². The Balaban J connectivity index is 0.000000238. The number of nitrogens with two attached hydrogens (primary N) is 1. The van der Waals surface area contributed by atoms with Gasteiger partial charge in [0, 0.05) is 51.3 Å². The Morgan fingerprint density at radius 1 is 0.521 bits per heavy atom. The van der Waals surface area contributed by atoms with Crippen molar-refractivity contribution in [1.29, 1.82) is 0 Å². The third-order valence-corrected chi connectivity index (χ3v) is 21.4. The summed E-state index contributed by atoms with van der Waals surface area (Å²) in [6, 6.07) is 30.2. The summed E-state index contributed by atoms with van der Waals surface area (Å²) >= 11 is 0. The summed E-state index contributed by atoms with van der Waals surface area (Å²) in [5.74, 6) is -2.25. The third-order valence-electron chi connectivity index (χ3n) is 15.4. The Morgan fingerprint density at radius 2 is 1.01 bits per heavy atom. The van der Waals surface area contributed by atoms with Gasteiger partial charge in [0.15, 0.2) is 36.7 Å². The molecule has 0 bridgehead atoms. The zero-order chi connectivity index (χ0) is 69.2. The van der Waals surface area contributed by atoms with E-state index in [1.165, 1.54) is 66.7 Å². The molecule has 0 fully saturated rings. The highest BCUT2D eigenvalue weighted by molar-refractivity contribution is 7.91. The molecule has 0 saturated heterocycles. The summed E-state index contributed by atoms with van der Waals surface area (Å²) in [7, 11) is -26.0. The third kappa shape index (κ3) is 14.8. The number of anilines is 5. The van der Waals surface area contributed by atoms with Gasteiger partial charge in [-0.1, -0.05) is 113 Å². The van der Waals surface area contributed by atoms with Crippen molar-refractivity contribution in [2.45, 2.75) is 52.2 Å². The second-order valence-corrected chi connectivity index (χ2v) is 29.6. The molecule has 1 aliphatic heterocycles. The van der Waals surface area contributed by atoms with Gasteiger partial charge in [0.05, 0.1) is 71.3 Å². The van der Waals surface area contributed by atoms with Crippen LogP contribution in [0.25, 0.3) is 27.4 Å². The van der Waals surface area contributed by atoms with Crippen molar-refractivity contribution in [1.82, 2.24) is 14.8 Å². The smallest absolute Gasteiger partial charge is 0.425 e. The van der Waals surface area contributed by atoms with Crippen molar-refractivity contribution < 1.29 is 83.1 Å². The second kappa shape index (κ2) is 27.9. The molecule has 494 valence electrons. The molecule has 0 aromatic heterocycles. The highest BCUT2D eigenvalue weighted by Gasteiger charge is 2.37. The Hall–Kier alpha value is -9.00. The maximum Gasteiger partial charge on any atom is 0.425 e. The van der Waals surface area contributed by atoms with Crippen molar-refractivity contribution in [2.24, 2.45) is 0 Å². The number of carbonyl (C=O) groups is 2. The molecule has 27 nitrogen and oxygen atoms in total. The van der Waals surface area contributed by atoms with Gasteiger partial charge in [-0.25, -0.2) is 21.8 Å². The summed E-state index contributed by atoms with van der Waals surface area (Å²) in [4.78, 5) is 59.7. The van der Waals surface area contributed by atoms with Crippen LogP contribution in [0, 0.1) is 10.4 Å². The van der Waals surface area contributed by atoms with E-state index in [4.69, 9.17) is 18.4 Å². The second-order valence-electron chi connectivity index (χ2n) is 20.8. The van der Waals surface area contributed by atoms with Crippen LogP contribution in [0.1, 0.15) is 65.1 Å². The van der Waals surface area contributed by atoms with Gasteiger partial charge in [0.1, 0.15) is 20.4 Å². The van der Waals surface area contributed by atoms with E-state index >= 15 is 0 Å². The predicted molar refractivity (Wildman–Crippen MR) is 348 cm³/mol. The van der Waals surface area contributed by atoms with Crippen LogP contribution in [0.5, 0.6) is 0 Å². The van der Waals surface area contributed by atoms with Crippen LogP contribution in [-0.4, -0.2) is 151 Å². The quantitative estimate of drug-likeness (QED) is 0.0380. The minimum atomic E-state index is -5.24. The van der Waals surface area contributed by atoms with Crippen molar-refractivity contribution in [3.8, 4) is 0 Å². The first-order valence-corrected chi connectivity index (χ1v) is 36.7. The standard InChI is InChI=1S/C35H31N3O11S3.C26H27N3O7S2.O3S/c1-3-38(4-2)16-17-50(42,43)21-14-15-26(51(44,45)46)24(18-21)36-25-19-27(52(47,48)49)32-30-28(22-12-8-9-13-23(22)34(40)29(25)30)31(35(41)37-32)33(39)20-10-6-5-7-11-20;1-3-29(4-2)12-13-37(32,33)17-9-7-8-16(14-17)28-20-15-21(38(34,35)36)24(27)23-22(20)25(30)18-10-5-6-11-19(18)26(23)31;1-4(2)3/h5-15,18-19,36,39H,3-4,16-17H2,1-2H3,(H,44,45,46)(H,47,48,49);5-11,14-15,28H,3-4,12-13,27H2,1-2H3,(H,34,35,36);. The molecule has 7 aromatic carbocycles.